The molecular formula is C12H23N2. The summed E-state index contributed by atoms with van der Waals surface area (Å²) in [6, 6.07) is 0.842. The summed E-state index contributed by atoms with van der Waals surface area (Å²) in [7, 11) is 0. The van der Waals surface area contributed by atoms with Crippen LogP contribution in [-0.4, -0.2) is 48.6 Å². The molecule has 1 atom stereocenters. The van der Waals surface area contributed by atoms with Gasteiger partial charge in [0.25, 0.3) is 0 Å². The predicted octanol–water partition coefficient (Wildman–Crippen LogP) is 1.77. The molecule has 0 aromatic rings. The smallest absolute Gasteiger partial charge is 0.0223 e. The van der Waals surface area contributed by atoms with Crippen LogP contribution >= 0.6 is 0 Å². The summed E-state index contributed by atoms with van der Waals surface area (Å²) in [4.78, 5) is 5.29. The van der Waals surface area contributed by atoms with Gasteiger partial charge in [0.05, 0.1) is 0 Å². The van der Waals surface area contributed by atoms with Gasteiger partial charge in [0.2, 0.25) is 0 Å². The van der Waals surface area contributed by atoms with E-state index in [1.807, 2.05) is 0 Å². The lowest BCUT2D eigenvalue weighted by molar-refractivity contribution is 0.194. The summed E-state index contributed by atoms with van der Waals surface area (Å²) in [5.41, 5.74) is 0. The van der Waals surface area contributed by atoms with Gasteiger partial charge in [-0.15, -0.1) is 0 Å². The fourth-order valence-electron chi connectivity index (χ4n) is 2.86. The van der Waals surface area contributed by atoms with Crippen molar-refractivity contribution in [1.82, 2.24) is 9.80 Å². The molecule has 0 aromatic carbocycles. The monoisotopic (exact) mass is 195 g/mol. The van der Waals surface area contributed by atoms with Crippen molar-refractivity contribution in [3.05, 3.63) is 6.92 Å². The molecule has 2 fully saturated rings. The third-order valence-electron chi connectivity index (χ3n) is 3.61. The van der Waals surface area contributed by atoms with E-state index in [9.17, 15) is 0 Å². The molecule has 14 heavy (non-hydrogen) atoms. The molecule has 2 saturated heterocycles. The van der Waals surface area contributed by atoms with Crippen LogP contribution < -0.4 is 0 Å². The molecule has 1 radical (unpaired) electrons. The quantitative estimate of drug-likeness (QED) is 0.674. The predicted molar refractivity (Wildman–Crippen MR) is 60.2 cm³/mol. The van der Waals surface area contributed by atoms with Crippen LogP contribution in [0.15, 0.2) is 0 Å². The van der Waals surface area contributed by atoms with Crippen molar-refractivity contribution >= 4 is 0 Å². The molecule has 2 rings (SSSR count). The molecule has 0 aromatic heterocycles. The zero-order chi connectivity index (χ0) is 9.80. The second-order valence-electron chi connectivity index (χ2n) is 4.69. The maximum atomic E-state index is 3.96. The molecule has 2 aliphatic heterocycles. The lowest BCUT2D eigenvalue weighted by Crippen LogP contribution is -2.39. The highest BCUT2D eigenvalue weighted by Gasteiger charge is 2.26. The number of rotatable bonds is 4. The Morgan fingerprint density at radius 3 is 2.57 bits per heavy atom. The van der Waals surface area contributed by atoms with Gasteiger partial charge in [-0.05, 0) is 58.3 Å². The van der Waals surface area contributed by atoms with Gasteiger partial charge >= 0.3 is 0 Å². The van der Waals surface area contributed by atoms with Crippen LogP contribution in [0.4, 0.5) is 0 Å². The maximum Gasteiger partial charge on any atom is 0.0223 e. The molecule has 0 amide bonds. The Kier molecular flexibility index (Phi) is 3.82. The van der Waals surface area contributed by atoms with Crippen molar-refractivity contribution in [2.75, 3.05) is 32.7 Å². The van der Waals surface area contributed by atoms with Gasteiger partial charge in [0.1, 0.15) is 0 Å². The van der Waals surface area contributed by atoms with Gasteiger partial charge in [0, 0.05) is 12.6 Å². The molecule has 2 nitrogen and oxygen atoms in total. The summed E-state index contributed by atoms with van der Waals surface area (Å²) in [5.74, 6) is 0. The maximum absolute atomic E-state index is 3.96. The molecule has 0 spiro atoms. The Hall–Kier alpha value is -0.0800. The van der Waals surface area contributed by atoms with Crippen molar-refractivity contribution in [3.8, 4) is 0 Å². The highest BCUT2D eigenvalue weighted by Crippen LogP contribution is 2.20. The summed E-state index contributed by atoms with van der Waals surface area (Å²) >= 11 is 0. The normalized spacial score (nSPS) is 30.2. The van der Waals surface area contributed by atoms with E-state index in [0.717, 1.165) is 12.5 Å². The first kappa shape index (κ1) is 10.4. The standard InChI is InChI=1S/C12H23N2/c1-2-7-14-10-5-6-12(14)11-13-8-3-4-9-13/h12H,1-11H2/t12-/m0/s1. The second-order valence-corrected chi connectivity index (χ2v) is 4.69. The Bertz CT molecular complexity index is 164. The first-order chi connectivity index (χ1) is 6.90. The van der Waals surface area contributed by atoms with Crippen LogP contribution in [-0.2, 0) is 0 Å². The van der Waals surface area contributed by atoms with Gasteiger partial charge in [-0.2, -0.15) is 0 Å². The van der Waals surface area contributed by atoms with Crippen LogP contribution in [0.5, 0.6) is 0 Å². The van der Waals surface area contributed by atoms with Crippen molar-refractivity contribution in [3.63, 3.8) is 0 Å². The molecule has 0 bridgehead atoms. The molecule has 2 aliphatic rings. The number of hydrogen-bond acceptors (Lipinski definition) is 2. The zero-order valence-electron chi connectivity index (χ0n) is 9.25. The van der Waals surface area contributed by atoms with E-state index < -0.39 is 0 Å². The SMILES string of the molecule is [CH2]CCN1CCC[C@H]1CN1CCCC1. The van der Waals surface area contributed by atoms with Crippen molar-refractivity contribution in [1.29, 1.82) is 0 Å². The average molecular weight is 195 g/mol. The zero-order valence-corrected chi connectivity index (χ0v) is 9.25. The molecular weight excluding hydrogens is 172 g/mol. The van der Waals surface area contributed by atoms with Crippen LogP contribution in [0, 0.1) is 6.92 Å². The minimum atomic E-state index is 0.842. The van der Waals surface area contributed by atoms with E-state index in [0.29, 0.717) is 0 Å². The minimum Gasteiger partial charge on any atom is -0.302 e. The average Bonchev–Trinajstić information content (AvgIpc) is 2.80. The van der Waals surface area contributed by atoms with Gasteiger partial charge in [0.15, 0.2) is 0 Å². The largest absolute Gasteiger partial charge is 0.302 e. The lowest BCUT2D eigenvalue weighted by atomic mass is 10.2. The molecule has 2 heterocycles. The summed E-state index contributed by atoms with van der Waals surface area (Å²) in [6.07, 6.45) is 6.72. The fourth-order valence-corrected chi connectivity index (χ4v) is 2.86. The molecule has 0 saturated carbocycles. The lowest BCUT2D eigenvalue weighted by Gasteiger charge is -2.27. The van der Waals surface area contributed by atoms with E-state index in [2.05, 4.69) is 16.7 Å². The topological polar surface area (TPSA) is 6.48 Å². The third kappa shape index (κ3) is 2.48. The van der Waals surface area contributed by atoms with E-state index in [4.69, 9.17) is 0 Å². The summed E-state index contributed by atoms with van der Waals surface area (Å²) < 4.78 is 0. The second kappa shape index (κ2) is 5.13. The highest BCUT2D eigenvalue weighted by molar-refractivity contribution is 4.83. The van der Waals surface area contributed by atoms with Crippen molar-refractivity contribution < 1.29 is 0 Å². The molecule has 0 N–H and O–H groups in total. The van der Waals surface area contributed by atoms with Gasteiger partial charge in [-0.3, -0.25) is 4.90 Å². The Morgan fingerprint density at radius 1 is 1.07 bits per heavy atom. The number of nitrogens with zero attached hydrogens (tertiary/aromatic N) is 2. The fraction of sp³-hybridized carbons (Fsp3) is 0.917. The summed E-state index contributed by atoms with van der Waals surface area (Å²) in [6.45, 7) is 10.5. The van der Waals surface area contributed by atoms with Crippen molar-refractivity contribution in [2.24, 2.45) is 0 Å². The number of hydrogen-bond donors (Lipinski definition) is 0. The molecule has 2 heteroatoms. The van der Waals surface area contributed by atoms with Crippen LogP contribution in [0.25, 0.3) is 0 Å². The van der Waals surface area contributed by atoms with Gasteiger partial charge in [-0.25, -0.2) is 0 Å². The van der Waals surface area contributed by atoms with Crippen molar-refractivity contribution in [2.45, 2.75) is 38.1 Å². The molecule has 0 unspecified atom stereocenters. The highest BCUT2D eigenvalue weighted by atomic mass is 15.2. The molecule has 81 valence electrons. The Morgan fingerprint density at radius 2 is 1.86 bits per heavy atom. The van der Waals surface area contributed by atoms with Crippen LogP contribution in [0.3, 0.4) is 0 Å². The minimum absolute atomic E-state index is 0.842. The van der Waals surface area contributed by atoms with E-state index in [1.54, 1.807) is 0 Å². The van der Waals surface area contributed by atoms with Gasteiger partial charge < -0.3 is 4.90 Å². The number of likely N-dealkylation sites (tertiary alicyclic amines) is 2. The van der Waals surface area contributed by atoms with Gasteiger partial charge in [-0.1, -0.05) is 6.92 Å². The van der Waals surface area contributed by atoms with E-state index in [1.165, 1.54) is 58.4 Å². The molecule has 0 aliphatic carbocycles. The summed E-state index contributed by atoms with van der Waals surface area (Å²) in [5, 5.41) is 0. The third-order valence-corrected chi connectivity index (χ3v) is 3.61. The van der Waals surface area contributed by atoms with E-state index >= 15 is 0 Å². The Balaban J connectivity index is 1.77. The van der Waals surface area contributed by atoms with E-state index in [-0.39, 0.29) is 0 Å². The Labute approximate surface area is 88.3 Å². The first-order valence-corrected chi connectivity index (χ1v) is 6.16. The van der Waals surface area contributed by atoms with Crippen LogP contribution in [0.2, 0.25) is 0 Å². The first-order valence-electron chi connectivity index (χ1n) is 6.16. The van der Waals surface area contributed by atoms with Crippen LogP contribution in [0.1, 0.15) is 32.1 Å².